The smallest absolute Gasteiger partial charge is 0.358 e. The highest BCUT2D eigenvalue weighted by Gasteiger charge is 2.15. The lowest BCUT2D eigenvalue weighted by Crippen LogP contribution is -2.05. The van der Waals surface area contributed by atoms with Crippen molar-refractivity contribution in [2.24, 2.45) is 0 Å². The zero-order valence-electron chi connectivity index (χ0n) is 10.4. The van der Waals surface area contributed by atoms with Gasteiger partial charge in [-0.2, -0.15) is 5.10 Å². The summed E-state index contributed by atoms with van der Waals surface area (Å²) in [4.78, 5) is 11.1. The van der Waals surface area contributed by atoms with E-state index in [-0.39, 0.29) is 5.69 Å². The number of aryl methyl sites for hydroxylation is 1. The van der Waals surface area contributed by atoms with Gasteiger partial charge in [0.05, 0.1) is 5.69 Å². The van der Waals surface area contributed by atoms with Gasteiger partial charge in [0, 0.05) is 24.3 Å². The molecule has 2 rings (SSSR count). The van der Waals surface area contributed by atoms with Gasteiger partial charge in [-0.05, 0) is 18.6 Å². The van der Waals surface area contributed by atoms with Crippen LogP contribution in [0, 0.1) is 0 Å². The summed E-state index contributed by atoms with van der Waals surface area (Å²) in [6.07, 6.45) is 1.68. The lowest BCUT2D eigenvalue weighted by atomic mass is 10.2. The first kappa shape index (κ1) is 13.4. The molecule has 0 aliphatic heterocycles. The molecule has 6 heteroatoms. The number of hydrogen-bond acceptors (Lipinski definition) is 3. The average Bonchev–Trinajstić information content (AvgIpc) is 2.81. The Labute approximate surface area is 115 Å². The number of carbonyl (C=O) groups is 1. The SMILES string of the molecule is CCn1cc(NCc2ccccc2Cl)c(C(=O)O)n1. The fraction of sp³-hybridized carbons (Fsp3) is 0.231. The van der Waals surface area contributed by atoms with Crippen LogP contribution in [0.25, 0.3) is 0 Å². The van der Waals surface area contributed by atoms with E-state index in [0.717, 1.165) is 5.56 Å². The third kappa shape index (κ3) is 3.06. The molecule has 5 nitrogen and oxygen atoms in total. The zero-order valence-corrected chi connectivity index (χ0v) is 11.2. The highest BCUT2D eigenvalue weighted by atomic mass is 35.5. The summed E-state index contributed by atoms with van der Waals surface area (Å²) in [5, 5.41) is 16.8. The van der Waals surface area contributed by atoms with Gasteiger partial charge in [-0.3, -0.25) is 4.68 Å². The van der Waals surface area contributed by atoms with Gasteiger partial charge in [-0.15, -0.1) is 0 Å². The number of hydrogen-bond donors (Lipinski definition) is 2. The van der Waals surface area contributed by atoms with Crippen LogP contribution in [0.15, 0.2) is 30.5 Å². The van der Waals surface area contributed by atoms with Crippen LogP contribution in [-0.4, -0.2) is 20.9 Å². The summed E-state index contributed by atoms with van der Waals surface area (Å²) in [6.45, 7) is 2.97. The molecule has 0 radical (unpaired) electrons. The molecule has 0 unspecified atom stereocenters. The van der Waals surface area contributed by atoms with Crippen molar-refractivity contribution < 1.29 is 9.90 Å². The van der Waals surface area contributed by atoms with E-state index < -0.39 is 5.97 Å². The van der Waals surface area contributed by atoms with Crippen LogP contribution in [0.4, 0.5) is 5.69 Å². The number of carboxylic acids is 1. The number of halogens is 1. The van der Waals surface area contributed by atoms with Crippen LogP contribution < -0.4 is 5.32 Å². The first-order valence-electron chi connectivity index (χ1n) is 5.89. The normalized spacial score (nSPS) is 10.4. The van der Waals surface area contributed by atoms with Crippen LogP contribution >= 0.6 is 11.6 Å². The third-order valence-corrected chi connectivity index (χ3v) is 3.08. The Hall–Kier alpha value is -2.01. The van der Waals surface area contributed by atoms with Crippen molar-refractivity contribution in [1.82, 2.24) is 9.78 Å². The summed E-state index contributed by atoms with van der Waals surface area (Å²) < 4.78 is 1.58. The van der Waals surface area contributed by atoms with Gasteiger partial charge in [0.1, 0.15) is 0 Å². The fourth-order valence-corrected chi connectivity index (χ4v) is 1.91. The third-order valence-electron chi connectivity index (χ3n) is 2.72. The van der Waals surface area contributed by atoms with E-state index in [2.05, 4.69) is 10.4 Å². The Balaban J connectivity index is 2.17. The highest BCUT2D eigenvalue weighted by molar-refractivity contribution is 6.31. The number of anilines is 1. The van der Waals surface area contributed by atoms with Crippen molar-refractivity contribution >= 4 is 23.3 Å². The van der Waals surface area contributed by atoms with E-state index >= 15 is 0 Å². The van der Waals surface area contributed by atoms with Gasteiger partial charge in [-0.25, -0.2) is 4.79 Å². The molecule has 19 heavy (non-hydrogen) atoms. The summed E-state index contributed by atoms with van der Waals surface area (Å²) in [5.41, 5.74) is 1.42. The van der Waals surface area contributed by atoms with Crippen LogP contribution in [-0.2, 0) is 13.1 Å². The second kappa shape index (κ2) is 5.75. The maximum atomic E-state index is 11.1. The Bertz CT molecular complexity index is 595. The van der Waals surface area contributed by atoms with E-state index in [0.29, 0.717) is 23.8 Å². The molecular formula is C13H14ClN3O2. The van der Waals surface area contributed by atoms with Crippen molar-refractivity contribution in [3.8, 4) is 0 Å². The lowest BCUT2D eigenvalue weighted by molar-refractivity contribution is 0.0690. The monoisotopic (exact) mass is 279 g/mol. The molecule has 0 aliphatic carbocycles. The molecule has 0 amide bonds. The molecule has 0 saturated heterocycles. The van der Waals surface area contributed by atoms with Gasteiger partial charge in [0.25, 0.3) is 0 Å². The number of carboxylic acid groups (broad SMARTS) is 1. The fourth-order valence-electron chi connectivity index (χ4n) is 1.70. The molecule has 0 atom stereocenters. The first-order chi connectivity index (χ1) is 9.11. The Kier molecular flexibility index (Phi) is 4.06. The van der Waals surface area contributed by atoms with Gasteiger partial charge >= 0.3 is 5.97 Å². The summed E-state index contributed by atoms with van der Waals surface area (Å²) in [5.74, 6) is -1.05. The molecule has 0 fully saturated rings. The highest BCUT2D eigenvalue weighted by Crippen LogP contribution is 2.19. The van der Waals surface area contributed by atoms with E-state index in [1.165, 1.54) is 0 Å². The van der Waals surface area contributed by atoms with Gasteiger partial charge < -0.3 is 10.4 Å². The van der Waals surface area contributed by atoms with Crippen molar-refractivity contribution in [2.45, 2.75) is 20.0 Å². The van der Waals surface area contributed by atoms with Crippen LogP contribution in [0.1, 0.15) is 23.0 Å². The van der Waals surface area contributed by atoms with Crippen LogP contribution in [0.3, 0.4) is 0 Å². The Morgan fingerprint density at radius 3 is 2.84 bits per heavy atom. The molecule has 0 aliphatic rings. The molecule has 2 N–H and O–H groups in total. The Morgan fingerprint density at radius 1 is 1.47 bits per heavy atom. The van der Waals surface area contributed by atoms with E-state index in [4.69, 9.17) is 16.7 Å². The molecule has 0 saturated carbocycles. The number of nitrogens with one attached hydrogen (secondary N) is 1. The number of nitrogens with zero attached hydrogens (tertiary/aromatic N) is 2. The van der Waals surface area contributed by atoms with Crippen LogP contribution in [0.5, 0.6) is 0 Å². The topological polar surface area (TPSA) is 67.2 Å². The molecule has 0 spiro atoms. The summed E-state index contributed by atoms with van der Waals surface area (Å²) >= 11 is 6.05. The molecule has 1 heterocycles. The molecule has 1 aromatic heterocycles. The van der Waals surface area contributed by atoms with Gasteiger partial charge in [0.2, 0.25) is 0 Å². The molecule has 2 aromatic rings. The predicted molar refractivity (Wildman–Crippen MR) is 73.6 cm³/mol. The minimum absolute atomic E-state index is 0.0221. The summed E-state index contributed by atoms with van der Waals surface area (Å²) in [7, 11) is 0. The van der Waals surface area contributed by atoms with Crippen molar-refractivity contribution in [2.75, 3.05) is 5.32 Å². The standard InChI is InChI=1S/C13H14ClN3O2/c1-2-17-8-11(12(16-17)13(18)19)15-7-9-5-3-4-6-10(9)14/h3-6,8,15H,2,7H2,1H3,(H,18,19). The van der Waals surface area contributed by atoms with E-state index in [1.807, 2.05) is 25.1 Å². The van der Waals surface area contributed by atoms with E-state index in [9.17, 15) is 4.79 Å². The second-order valence-electron chi connectivity index (χ2n) is 4.00. The maximum Gasteiger partial charge on any atom is 0.358 e. The average molecular weight is 280 g/mol. The number of aromatic nitrogens is 2. The molecule has 100 valence electrons. The molecule has 0 bridgehead atoms. The lowest BCUT2D eigenvalue weighted by Gasteiger charge is -2.06. The molecular weight excluding hydrogens is 266 g/mol. The predicted octanol–water partition coefficient (Wildman–Crippen LogP) is 2.87. The van der Waals surface area contributed by atoms with E-state index in [1.54, 1.807) is 16.9 Å². The number of aromatic carboxylic acids is 1. The zero-order chi connectivity index (χ0) is 13.8. The van der Waals surface area contributed by atoms with Gasteiger partial charge in [-0.1, -0.05) is 29.8 Å². The minimum Gasteiger partial charge on any atom is -0.476 e. The van der Waals surface area contributed by atoms with Crippen molar-refractivity contribution in [3.63, 3.8) is 0 Å². The first-order valence-corrected chi connectivity index (χ1v) is 6.27. The second-order valence-corrected chi connectivity index (χ2v) is 4.40. The summed E-state index contributed by atoms with van der Waals surface area (Å²) in [6, 6.07) is 7.42. The minimum atomic E-state index is -1.05. The number of benzene rings is 1. The Morgan fingerprint density at radius 2 is 2.21 bits per heavy atom. The number of rotatable bonds is 5. The van der Waals surface area contributed by atoms with Crippen molar-refractivity contribution in [1.29, 1.82) is 0 Å². The van der Waals surface area contributed by atoms with Crippen LogP contribution in [0.2, 0.25) is 5.02 Å². The molecule has 1 aromatic carbocycles. The van der Waals surface area contributed by atoms with Crippen molar-refractivity contribution in [3.05, 3.63) is 46.7 Å². The largest absolute Gasteiger partial charge is 0.476 e. The maximum absolute atomic E-state index is 11.1. The van der Waals surface area contributed by atoms with Gasteiger partial charge in [0.15, 0.2) is 5.69 Å². The quantitative estimate of drug-likeness (QED) is 0.883.